The number of rotatable bonds is 20. The first-order valence-electron chi connectivity index (χ1n) is 17.5. The van der Waals surface area contributed by atoms with Gasteiger partial charge in [-0.05, 0) is 54.0 Å². The van der Waals surface area contributed by atoms with Gasteiger partial charge >= 0.3 is 12.1 Å². The molecule has 3 amide bonds. The van der Waals surface area contributed by atoms with Crippen molar-refractivity contribution in [2.24, 2.45) is 5.92 Å². The smallest absolute Gasteiger partial charge is 0.407 e. The highest BCUT2D eigenvalue weighted by Crippen LogP contribution is 2.44. The predicted octanol–water partition coefficient (Wildman–Crippen LogP) is 5.36. The van der Waals surface area contributed by atoms with E-state index in [1.165, 1.54) is 7.11 Å². The molecule has 0 aliphatic heterocycles. The maximum atomic E-state index is 13.9. The lowest BCUT2D eigenvalue weighted by Crippen LogP contribution is -2.49. The molecule has 1 aliphatic rings. The lowest BCUT2D eigenvalue weighted by atomic mass is 9.97. The van der Waals surface area contributed by atoms with E-state index >= 15 is 0 Å². The molecule has 0 heterocycles. The second-order valence-corrected chi connectivity index (χ2v) is 12.8. The second-order valence-electron chi connectivity index (χ2n) is 12.8. The minimum Gasteiger partial charge on any atom is -0.454 e. The molecule has 0 aromatic heterocycles. The molecule has 4 rings (SSSR count). The number of carbonyl (C=O) groups is 4. The molecule has 0 unspecified atom stereocenters. The number of carbonyl (C=O) groups excluding carboxylic acids is 4. The molecule has 52 heavy (non-hydrogen) atoms. The van der Waals surface area contributed by atoms with Gasteiger partial charge in [0.15, 0.2) is 0 Å². The number of methoxy groups -OCH3 is 1. The van der Waals surface area contributed by atoms with Crippen molar-refractivity contribution in [3.05, 3.63) is 121 Å². The highest BCUT2D eigenvalue weighted by atomic mass is 16.6. The number of aliphatic hydroxyl groups excluding tert-OH is 1. The highest BCUT2D eigenvalue weighted by molar-refractivity contribution is 5.86. The van der Waals surface area contributed by atoms with Crippen molar-refractivity contribution in [1.29, 1.82) is 0 Å². The Hall–Kier alpha value is -5.26. The number of allylic oxidation sites excluding steroid dienone is 2. The van der Waals surface area contributed by atoms with Crippen molar-refractivity contribution in [1.82, 2.24) is 16.0 Å². The quantitative estimate of drug-likeness (QED) is 0.0904. The van der Waals surface area contributed by atoms with Gasteiger partial charge in [0.2, 0.25) is 11.8 Å². The number of esters is 1. The Labute approximate surface area is 305 Å². The molecule has 276 valence electrons. The molecule has 11 nitrogen and oxygen atoms in total. The molecular formula is C41H49N3O8. The van der Waals surface area contributed by atoms with Gasteiger partial charge < -0.3 is 35.3 Å². The maximum Gasteiger partial charge on any atom is 0.407 e. The molecule has 4 N–H and O–H groups in total. The van der Waals surface area contributed by atoms with E-state index in [2.05, 4.69) is 29.1 Å². The number of benzene rings is 3. The van der Waals surface area contributed by atoms with Gasteiger partial charge in [0.05, 0.1) is 25.2 Å². The number of fused-ring (bicyclic) bond motifs is 3. The van der Waals surface area contributed by atoms with E-state index in [1.54, 1.807) is 43.3 Å². The fourth-order valence-electron chi connectivity index (χ4n) is 6.32. The molecule has 0 saturated carbocycles. The van der Waals surface area contributed by atoms with E-state index in [0.717, 1.165) is 22.3 Å². The number of ether oxygens (including phenoxy) is 3. The molecule has 3 aromatic rings. The van der Waals surface area contributed by atoms with Gasteiger partial charge in [0.1, 0.15) is 18.8 Å². The van der Waals surface area contributed by atoms with Crippen LogP contribution in [0, 0.1) is 5.92 Å². The van der Waals surface area contributed by atoms with E-state index in [9.17, 15) is 24.3 Å². The van der Waals surface area contributed by atoms with Crippen LogP contribution in [0.2, 0.25) is 0 Å². The van der Waals surface area contributed by atoms with Crippen molar-refractivity contribution in [3.63, 3.8) is 0 Å². The molecule has 5 atom stereocenters. The van der Waals surface area contributed by atoms with Crippen LogP contribution in [0.25, 0.3) is 11.1 Å². The average molecular weight is 712 g/mol. The third-order valence-electron chi connectivity index (χ3n) is 8.93. The van der Waals surface area contributed by atoms with Crippen molar-refractivity contribution in [3.8, 4) is 11.1 Å². The van der Waals surface area contributed by atoms with Gasteiger partial charge in [0.25, 0.3) is 0 Å². The molecule has 0 saturated heterocycles. The summed E-state index contributed by atoms with van der Waals surface area (Å²) in [5, 5.41) is 17.6. The van der Waals surface area contributed by atoms with E-state index in [-0.39, 0.29) is 45.0 Å². The Kier molecular flexibility index (Phi) is 15.2. The predicted molar refractivity (Wildman–Crippen MR) is 198 cm³/mol. The summed E-state index contributed by atoms with van der Waals surface area (Å²) in [5.74, 6) is -2.55. The van der Waals surface area contributed by atoms with E-state index in [0.29, 0.717) is 12.0 Å². The lowest BCUT2D eigenvalue weighted by molar-refractivity contribution is -0.155. The van der Waals surface area contributed by atoms with Crippen LogP contribution in [0.15, 0.2) is 104 Å². The molecule has 0 bridgehead atoms. The molecule has 3 aromatic carbocycles. The number of aliphatic hydroxyl groups is 1. The van der Waals surface area contributed by atoms with Crippen LogP contribution in [0.4, 0.5) is 4.79 Å². The number of nitrogens with one attached hydrogen (secondary N) is 3. The van der Waals surface area contributed by atoms with E-state index in [4.69, 9.17) is 14.2 Å². The molecule has 1 aliphatic carbocycles. The first-order valence-corrected chi connectivity index (χ1v) is 17.5. The molecule has 0 radical (unpaired) electrons. The third-order valence-corrected chi connectivity index (χ3v) is 8.93. The molecule has 11 heteroatoms. The number of hydrogen-bond donors (Lipinski definition) is 4. The van der Waals surface area contributed by atoms with Gasteiger partial charge in [-0.3, -0.25) is 9.59 Å². The first kappa shape index (κ1) is 39.5. The van der Waals surface area contributed by atoms with Crippen LogP contribution < -0.4 is 16.0 Å². The van der Waals surface area contributed by atoms with Crippen molar-refractivity contribution in [2.45, 2.75) is 62.8 Å². The fraction of sp³-hybridized carbons (Fsp3) is 0.366. The standard InChI is InChI=1S/C41H49N3O8/c1-5-7-22-35(44-41(49)51-25-34-32-20-13-11-18-30(32)31-19-12-14-21-33(31)34)40(48)52-38(28-16-9-8-10-17-28)36(26-50-4)43-39(47)29(15-6-2)23-37(46)42-27(3)24-45/h5-6,8-14,16-21,27,29,34-36,38,45H,1-2,7,15,22-26H2,3-4H3,(H,42,46)(H,43,47)(H,44,49)/t27-,29-,35-,36-,38-/m0/s1. The van der Waals surface area contributed by atoms with Crippen LogP contribution in [0.1, 0.15) is 61.3 Å². The minimum atomic E-state index is -1.09. The Morgan fingerprint density at radius 3 is 2.10 bits per heavy atom. The SMILES string of the molecule is C=CCC[C@H](NC(=O)OCC1c2ccccc2-c2ccccc21)C(=O)O[C@@H](c1ccccc1)[C@H](COC)NC(=O)[C@@H](CC=C)CC(=O)N[C@@H](C)CO. The number of hydrogen-bond acceptors (Lipinski definition) is 8. The Balaban J connectivity index is 1.50. The average Bonchev–Trinajstić information content (AvgIpc) is 3.47. The third kappa shape index (κ3) is 10.6. The van der Waals surface area contributed by atoms with E-state index < -0.39 is 54.0 Å². The van der Waals surface area contributed by atoms with Crippen molar-refractivity contribution in [2.75, 3.05) is 26.9 Å². The van der Waals surface area contributed by atoms with Gasteiger partial charge in [-0.1, -0.05) is 91.0 Å². The fourth-order valence-corrected chi connectivity index (χ4v) is 6.32. The molecule has 0 fully saturated rings. The lowest BCUT2D eigenvalue weighted by Gasteiger charge is -2.30. The topological polar surface area (TPSA) is 152 Å². The summed E-state index contributed by atoms with van der Waals surface area (Å²) >= 11 is 0. The number of amides is 3. The maximum absolute atomic E-state index is 13.9. The molecular weight excluding hydrogens is 662 g/mol. The summed E-state index contributed by atoms with van der Waals surface area (Å²) in [5.41, 5.74) is 4.90. The monoisotopic (exact) mass is 711 g/mol. The van der Waals surface area contributed by atoms with Crippen LogP contribution in [0.5, 0.6) is 0 Å². The summed E-state index contributed by atoms with van der Waals surface area (Å²) < 4.78 is 17.3. The van der Waals surface area contributed by atoms with Crippen LogP contribution >= 0.6 is 0 Å². The largest absolute Gasteiger partial charge is 0.454 e. The highest BCUT2D eigenvalue weighted by Gasteiger charge is 2.35. The Morgan fingerprint density at radius 2 is 1.50 bits per heavy atom. The Morgan fingerprint density at radius 1 is 0.865 bits per heavy atom. The normalized spacial score (nSPS) is 14.7. The summed E-state index contributed by atoms with van der Waals surface area (Å²) in [6, 6.07) is 22.5. The summed E-state index contributed by atoms with van der Waals surface area (Å²) in [6.07, 6.45) is 2.04. The van der Waals surface area contributed by atoms with E-state index in [1.807, 2.05) is 54.6 Å². The zero-order valence-corrected chi connectivity index (χ0v) is 29.8. The molecule has 0 spiro atoms. The minimum absolute atomic E-state index is 0.0374. The van der Waals surface area contributed by atoms with Gasteiger partial charge in [0, 0.05) is 25.5 Å². The first-order chi connectivity index (χ1) is 25.2. The zero-order chi connectivity index (χ0) is 37.5. The van der Waals surface area contributed by atoms with Gasteiger partial charge in [-0.15, -0.1) is 13.2 Å². The van der Waals surface area contributed by atoms with Crippen LogP contribution in [-0.4, -0.2) is 74.0 Å². The van der Waals surface area contributed by atoms with Gasteiger partial charge in [-0.2, -0.15) is 0 Å². The second kappa shape index (κ2) is 20.0. The summed E-state index contributed by atoms with van der Waals surface area (Å²) in [4.78, 5) is 53.4. The summed E-state index contributed by atoms with van der Waals surface area (Å²) in [7, 11) is 1.46. The van der Waals surface area contributed by atoms with Crippen molar-refractivity contribution < 1.29 is 38.5 Å². The summed E-state index contributed by atoms with van der Waals surface area (Å²) in [6.45, 7) is 8.93. The van der Waals surface area contributed by atoms with Crippen LogP contribution in [-0.2, 0) is 28.6 Å². The van der Waals surface area contributed by atoms with Gasteiger partial charge in [-0.25, -0.2) is 9.59 Å². The van der Waals surface area contributed by atoms with Crippen molar-refractivity contribution >= 4 is 23.9 Å². The van der Waals surface area contributed by atoms with Crippen LogP contribution in [0.3, 0.4) is 0 Å². The zero-order valence-electron chi connectivity index (χ0n) is 29.8. The Bertz CT molecular complexity index is 1630. The number of alkyl carbamates (subject to hydrolysis) is 1.